The molecule has 1 heterocycles. The Morgan fingerprint density at radius 3 is 2.31 bits per heavy atom. The molecule has 0 saturated carbocycles. The molecule has 0 atom stereocenters. The molecule has 4 nitrogen and oxygen atoms in total. The van der Waals surface area contributed by atoms with Gasteiger partial charge in [0.05, 0.1) is 0 Å². The third-order valence-corrected chi connectivity index (χ3v) is 2.80. The van der Waals surface area contributed by atoms with Crippen molar-refractivity contribution >= 4 is 5.91 Å². The number of allylic oxidation sites excluding steroid dienone is 1. The highest BCUT2D eigenvalue weighted by Gasteiger charge is 2.37. The maximum atomic E-state index is 11.7. The summed E-state index contributed by atoms with van der Waals surface area (Å²) in [6, 6.07) is 0. The van der Waals surface area contributed by atoms with Gasteiger partial charge in [-0.15, -0.1) is 0 Å². The van der Waals surface area contributed by atoms with E-state index in [2.05, 4.69) is 12.0 Å². The zero-order chi connectivity index (χ0) is 12.6. The number of rotatable bonds is 4. The Kier molecular flexibility index (Phi) is 3.26. The van der Waals surface area contributed by atoms with Gasteiger partial charge in [0.1, 0.15) is 0 Å². The van der Waals surface area contributed by atoms with Gasteiger partial charge in [-0.25, -0.2) is 0 Å². The molecule has 0 spiro atoms. The van der Waals surface area contributed by atoms with E-state index in [0.29, 0.717) is 0 Å². The lowest BCUT2D eigenvalue weighted by Crippen LogP contribution is -2.54. The number of hydrazine groups is 1. The minimum atomic E-state index is -0.312. The lowest BCUT2D eigenvalue weighted by Gasteiger charge is -2.41. The number of carbonyl (C=O) groups is 1. The highest BCUT2D eigenvalue weighted by atomic mass is 16.2. The van der Waals surface area contributed by atoms with Gasteiger partial charge in [-0.3, -0.25) is 16.1 Å². The molecule has 16 heavy (non-hydrogen) atoms. The van der Waals surface area contributed by atoms with Crippen molar-refractivity contribution < 1.29 is 4.79 Å². The fourth-order valence-electron chi connectivity index (χ4n) is 2.36. The molecule has 0 saturated heterocycles. The summed E-state index contributed by atoms with van der Waals surface area (Å²) in [6.07, 6.45) is 4.03. The number of nitrogens with two attached hydrogens (primary N) is 1. The van der Waals surface area contributed by atoms with E-state index in [1.807, 2.05) is 27.7 Å². The summed E-state index contributed by atoms with van der Waals surface area (Å²) in [5.41, 5.74) is 2.96. The quantitative estimate of drug-likeness (QED) is 0.558. The van der Waals surface area contributed by atoms with Crippen LogP contribution in [0, 0.1) is 0 Å². The molecular formula is C12H21N3O. The van der Waals surface area contributed by atoms with E-state index in [4.69, 9.17) is 5.84 Å². The van der Waals surface area contributed by atoms with Crippen LogP contribution >= 0.6 is 0 Å². The molecule has 0 aromatic heterocycles. The summed E-state index contributed by atoms with van der Waals surface area (Å²) < 4.78 is 0. The van der Waals surface area contributed by atoms with Gasteiger partial charge < -0.3 is 4.90 Å². The van der Waals surface area contributed by atoms with Gasteiger partial charge in [-0.1, -0.05) is 6.58 Å². The molecule has 1 amide bonds. The molecule has 0 unspecified atom stereocenters. The fraction of sp³-hybridized carbons (Fsp3) is 0.583. The lowest BCUT2D eigenvalue weighted by atomic mass is 9.86. The Hall–Kier alpha value is -1.13. The number of nitrogens with one attached hydrogen (secondary N) is 1. The van der Waals surface area contributed by atoms with E-state index in [1.54, 1.807) is 17.1 Å². The number of hydrogen-bond acceptors (Lipinski definition) is 3. The van der Waals surface area contributed by atoms with E-state index in [9.17, 15) is 4.79 Å². The van der Waals surface area contributed by atoms with Crippen molar-refractivity contribution in [2.24, 2.45) is 5.84 Å². The van der Waals surface area contributed by atoms with Crippen molar-refractivity contribution in [1.82, 2.24) is 10.3 Å². The molecular weight excluding hydrogens is 202 g/mol. The third-order valence-electron chi connectivity index (χ3n) is 2.80. The molecule has 0 aromatic carbocycles. The van der Waals surface area contributed by atoms with E-state index >= 15 is 0 Å². The molecule has 0 aromatic rings. The highest BCUT2D eigenvalue weighted by molar-refractivity contribution is 5.93. The Morgan fingerprint density at radius 1 is 1.38 bits per heavy atom. The molecule has 1 aliphatic heterocycles. The van der Waals surface area contributed by atoms with Crippen molar-refractivity contribution in [3.63, 3.8) is 0 Å². The minimum Gasteiger partial charge on any atom is -0.304 e. The van der Waals surface area contributed by atoms with Crippen molar-refractivity contribution in [2.75, 3.05) is 0 Å². The van der Waals surface area contributed by atoms with Crippen LogP contribution in [-0.4, -0.2) is 21.9 Å². The van der Waals surface area contributed by atoms with Crippen LogP contribution < -0.4 is 11.3 Å². The molecule has 0 bridgehead atoms. The van der Waals surface area contributed by atoms with E-state index < -0.39 is 0 Å². The van der Waals surface area contributed by atoms with Crippen LogP contribution in [0.25, 0.3) is 0 Å². The Balaban J connectivity index is 2.86. The van der Waals surface area contributed by atoms with Gasteiger partial charge in [0.25, 0.3) is 5.91 Å². The molecule has 90 valence electrons. The molecule has 0 radical (unpaired) electrons. The van der Waals surface area contributed by atoms with Crippen LogP contribution in [-0.2, 0) is 4.79 Å². The second-order valence-electron chi connectivity index (χ2n) is 5.52. The van der Waals surface area contributed by atoms with Crippen molar-refractivity contribution in [2.45, 2.75) is 45.2 Å². The Labute approximate surface area is 97.1 Å². The van der Waals surface area contributed by atoms with Crippen LogP contribution in [0.3, 0.4) is 0 Å². The molecule has 1 rings (SSSR count). The first-order valence-corrected chi connectivity index (χ1v) is 5.38. The predicted molar refractivity (Wildman–Crippen MR) is 65.2 cm³/mol. The van der Waals surface area contributed by atoms with E-state index in [-0.39, 0.29) is 17.0 Å². The number of carbonyl (C=O) groups excluding carboxylic acids is 1. The maximum absolute atomic E-state index is 11.7. The minimum absolute atomic E-state index is 0.0113. The number of amides is 1. The normalized spacial score (nSPS) is 17.4. The van der Waals surface area contributed by atoms with Crippen molar-refractivity contribution in [1.29, 1.82) is 0 Å². The third kappa shape index (κ3) is 2.51. The van der Waals surface area contributed by atoms with Gasteiger partial charge in [0.15, 0.2) is 0 Å². The molecule has 0 aliphatic carbocycles. The average Bonchev–Trinajstić information content (AvgIpc) is 2.44. The first-order valence-electron chi connectivity index (χ1n) is 5.38. The second-order valence-corrected chi connectivity index (χ2v) is 5.52. The predicted octanol–water partition coefficient (Wildman–Crippen LogP) is 1.31. The fourth-order valence-corrected chi connectivity index (χ4v) is 2.36. The molecule has 4 heteroatoms. The monoisotopic (exact) mass is 223 g/mol. The van der Waals surface area contributed by atoms with Gasteiger partial charge in [-0.2, -0.15) is 0 Å². The Bertz CT molecular complexity index is 324. The van der Waals surface area contributed by atoms with Crippen LogP contribution in [0.4, 0.5) is 0 Å². The molecule has 3 N–H and O–H groups in total. The SMILES string of the molecule is C=C1C=CC(=O)N1C(C)(C)CC(C)(C)NN. The van der Waals surface area contributed by atoms with Crippen LogP contribution in [0.5, 0.6) is 0 Å². The Morgan fingerprint density at radius 2 is 1.94 bits per heavy atom. The summed E-state index contributed by atoms with van der Waals surface area (Å²) in [5, 5.41) is 0. The van der Waals surface area contributed by atoms with Gasteiger partial charge in [0, 0.05) is 22.9 Å². The summed E-state index contributed by atoms with van der Waals surface area (Å²) >= 11 is 0. The van der Waals surface area contributed by atoms with Crippen LogP contribution in [0.2, 0.25) is 0 Å². The largest absolute Gasteiger partial charge is 0.304 e. The van der Waals surface area contributed by atoms with Crippen LogP contribution in [0.1, 0.15) is 34.1 Å². The zero-order valence-corrected chi connectivity index (χ0v) is 10.5. The molecule has 1 aliphatic rings. The zero-order valence-electron chi connectivity index (χ0n) is 10.5. The first kappa shape index (κ1) is 12.9. The lowest BCUT2D eigenvalue weighted by molar-refractivity contribution is -0.127. The molecule has 0 fully saturated rings. The maximum Gasteiger partial charge on any atom is 0.251 e. The summed E-state index contributed by atoms with van der Waals surface area (Å²) in [7, 11) is 0. The average molecular weight is 223 g/mol. The van der Waals surface area contributed by atoms with Crippen molar-refractivity contribution in [3.05, 3.63) is 24.4 Å². The summed E-state index contributed by atoms with van der Waals surface area (Å²) in [4.78, 5) is 13.4. The van der Waals surface area contributed by atoms with E-state index in [1.165, 1.54) is 0 Å². The second kappa shape index (κ2) is 4.03. The van der Waals surface area contributed by atoms with Gasteiger partial charge >= 0.3 is 0 Å². The number of nitrogens with zero attached hydrogens (tertiary/aromatic N) is 1. The topological polar surface area (TPSA) is 58.4 Å². The van der Waals surface area contributed by atoms with Crippen LogP contribution in [0.15, 0.2) is 24.4 Å². The first-order chi connectivity index (χ1) is 7.19. The smallest absolute Gasteiger partial charge is 0.251 e. The summed E-state index contributed by atoms with van der Waals surface area (Å²) in [5.74, 6) is 5.48. The highest BCUT2D eigenvalue weighted by Crippen LogP contribution is 2.31. The van der Waals surface area contributed by atoms with Gasteiger partial charge in [0.2, 0.25) is 0 Å². The standard InChI is InChI=1S/C12H21N3O/c1-9-6-7-10(16)15(9)12(4,5)8-11(2,3)14-13/h6-7,14H,1,8,13H2,2-5H3. The van der Waals surface area contributed by atoms with E-state index in [0.717, 1.165) is 12.1 Å². The summed E-state index contributed by atoms with van der Waals surface area (Å²) in [6.45, 7) is 11.9. The van der Waals surface area contributed by atoms with Crippen molar-refractivity contribution in [3.8, 4) is 0 Å². The number of hydrogen-bond donors (Lipinski definition) is 2. The van der Waals surface area contributed by atoms with Gasteiger partial charge in [-0.05, 0) is 40.2 Å².